The van der Waals surface area contributed by atoms with E-state index in [1.54, 1.807) is 14.2 Å². The number of halogens is 1. The van der Waals surface area contributed by atoms with Crippen LogP contribution in [-0.4, -0.2) is 95.0 Å². The molecule has 9 heteroatoms. The van der Waals surface area contributed by atoms with Crippen molar-refractivity contribution in [2.75, 3.05) is 73.2 Å². The van der Waals surface area contributed by atoms with Gasteiger partial charge in [-0.1, -0.05) is 13.0 Å². The Morgan fingerprint density at radius 1 is 1.12 bits per heavy atom. The van der Waals surface area contributed by atoms with Gasteiger partial charge in [-0.25, -0.2) is 0 Å². The number of benzene rings is 1. The quantitative estimate of drug-likeness (QED) is 0.253. The predicted molar refractivity (Wildman–Crippen MR) is 144 cm³/mol. The third-order valence-electron chi connectivity index (χ3n) is 6.46. The third-order valence-corrected chi connectivity index (χ3v) is 6.46. The highest BCUT2D eigenvalue weighted by molar-refractivity contribution is 14.0. The first kappa shape index (κ1) is 27.9. The Bertz CT molecular complexity index is 730. The Kier molecular flexibility index (Phi) is 12.6. The van der Waals surface area contributed by atoms with Crippen LogP contribution in [0.4, 0.5) is 0 Å². The summed E-state index contributed by atoms with van der Waals surface area (Å²) in [5.74, 6) is 2.37. The van der Waals surface area contributed by atoms with E-state index < -0.39 is 0 Å². The Balaban J connectivity index is 0.00000385. The summed E-state index contributed by atoms with van der Waals surface area (Å²) in [5.41, 5.74) is 1.18. The molecule has 3 rings (SSSR count). The van der Waals surface area contributed by atoms with Crippen molar-refractivity contribution in [3.8, 4) is 11.5 Å². The van der Waals surface area contributed by atoms with Gasteiger partial charge >= 0.3 is 0 Å². The number of rotatable bonds is 10. The molecule has 0 spiro atoms. The Morgan fingerprint density at radius 2 is 1.88 bits per heavy atom. The van der Waals surface area contributed by atoms with Crippen molar-refractivity contribution in [3.63, 3.8) is 0 Å². The fourth-order valence-corrected chi connectivity index (χ4v) is 4.66. The zero-order valence-corrected chi connectivity index (χ0v) is 23.0. The summed E-state index contributed by atoms with van der Waals surface area (Å²) < 4.78 is 16.6. The molecule has 2 atom stereocenters. The van der Waals surface area contributed by atoms with Gasteiger partial charge in [-0.15, -0.1) is 24.0 Å². The molecule has 0 aliphatic carbocycles. The minimum atomic E-state index is 0. The van der Waals surface area contributed by atoms with Crippen LogP contribution < -0.4 is 20.1 Å². The monoisotopic (exact) mass is 575 g/mol. The van der Waals surface area contributed by atoms with Crippen molar-refractivity contribution in [2.24, 2.45) is 4.99 Å². The fourth-order valence-electron chi connectivity index (χ4n) is 4.66. The number of guanidine groups is 1. The van der Waals surface area contributed by atoms with Gasteiger partial charge in [-0.3, -0.25) is 14.8 Å². The number of morpholine rings is 1. The summed E-state index contributed by atoms with van der Waals surface area (Å²) in [4.78, 5) is 10.0. The average molecular weight is 576 g/mol. The van der Waals surface area contributed by atoms with Gasteiger partial charge in [0.15, 0.2) is 17.5 Å². The molecule has 1 aromatic rings. The molecule has 8 nitrogen and oxygen atoms in total. The number of nitrogens with one attached hydrogen (secondary N) is 2. The van der Waals surface area contributed by atoms with Crippen molar-refractivity contribution in [1.29, 1.82) is 0 Å². The molecule has 0 saturated carbocycles. The van der Waals surface area contributed by atoms with Crippen LogP contribution in [0.2, 0.25) is 0 Å². The molecule has 0 bridgehead atoms. The normalized spacial score (nSPS) is 20.7. The molecule has 2 aliphatic rings. The number of hydrogen-bond acceptors (Lipinski definition) is 6. The van der Waals surface area contributed by atoms with Gasteiger partial charge in [-0.05, 0) is 50.6 Å². The van der Waals surface area contributed by atoms with E-state index in [4.69, 9.17) is 19.2 Å². The molecule has 33 heavy (non-hydrogen) atoms. The maximum absolute atomic E-state index is 5.60. The maximum atomic E-state index is 5.60. The van der Waals surface area contributed by atoms with Gasteiger partial charge in [0.2, 0.25) is 0 Å². The molecule has 2 heterocycles. The van der Waals surface area contributed by atoms with Crippen LogP contribution in [0.25, 0.3) is 0 Å². The van der Waals surface area contributed by atoms with Crippen LogP contribution in [0, 0.1) is 0 Å². The molecular formula is C24H42IN5O3. The number of likely N-dealkylation sites (tertiary alicyclic amines) is 1. The van der Waals surface area contributed by atoms with E-state index >= 15 is 0 Å². The lowest BCUT2D eigenvalue weighted by Gasteiger charge is -2.34. The van der Waals surface area contributed by atoms with E-state index in [0.29, 0.717) is 12.6 Å². The second-order valence-corrected chi connectivity index (χ2v) is 8.30. The molecule has 2 fully saturated rings. The third kappa shape index (κ3) is 7.87. The van der Waals surface area contributed by atoms with Gasteiger partial charge in [-0.2, -0.15) is 0 Å². The van der Waals surface area contributed by atoms with Crippen molar-refractivity contribution < 1.29 is 14.2 Å². The zero-order chi connectivity index (χ0) is 22.8. The van der Waals surface area contributed by atoms with Crippen LogP contribution in [0.1, 0.15) is 38.3 Å². The summed E-state index contributed by atoms with van der Waals surface area (Å²) in [6, 6.07) is 6.91. The molecule has 1 aromatic carbocycles. The van der Waals surface area contributed by atoms with Gasteiger partial charge in [0.05, 0.1) is 40.0 Å². The number of ether oxygens (including phenoxy) is 3. The Labute approximate surface area is 216 Å². The van der Waals surface area contributed by atoms with E-state index in [1.807, 2.05) is 6.07 Å². The number of hydrogen-bond donors (Lipinski definition) is 2. The topological polar surface area (TPSA) is 70.6 Å². The van der Waals surface area contributed by atoms with E-state index in [9.17, 15) is 0 Å². The Morgan fingerprint density at radius 3 is 2.55 bits per heavy atom. The summed E-state index contributed by atoms with van der Waals surface area (Å²) in [5, 5.41) is 7.01. The smallest absolute Gasteiger partial charge is 0.191 e. The molecule has 0 radical (unpaired) electrons. The highest BCUT2D eigenvalue weighted by Gasteiger charge is 2.25. The van der Waals surface area contributed by atoms with E-state index in [-0.39, 0.29) is 30.0 Å². The molecule has 2 N–H and O–H groups in total. The summed E-state index contributed by atoms with van der Waals surface area (Å²) >= 11 is 0. The van der Waals surface area contributed by atoms with Crippen molar-refractivity contribution in [1.82, 2.24) is 20.4 Å². The molecule has 0 aromatic heterocycles. The zero-order valence-electron chi connectivity index (χ0n) is 20.6. The molecule has 2 aliphatic heterocycles. The second kappa shape index (κ2) is 14.9. The highest BCUT2D eigenvalue weighted by atomic mass is 127. The van der Waals surface area contributed by atoms with Gasteiger partial charge in [0, 0.05) is 32.2 Å². The molecule has 0 amide bonds. The largest absolute Gasteiger partial charge is 0.493 e. The number of aliphatic imine (C=N–C) groups is 1. The lowest BCUT2D eigenvalue weighted by Crippen LogP contribution is -2.45. The maximum Gasteiger partial charge on any atom is 0.191 e. The SMILES string of the molecule is CCNC(=NCC(c1ccc(OC)c(OC)c1)N1CCOCC1)NCC1CCCN1CC.I. The fraction of sp³-hybridized carbons (Fsp3) is 0.708. The average Bonchev–Trinajstić information content (AvgIpc) is 3.30. The van der Waals surface area contributed by atoms with Crippen LogP contribution >= 0.6 is 24.0 Å². The first-order valence-electron chi connectivity index (χ1n) is 12.0. The first-order chi connectivity index (χ1) is 15.7. The molecular weight excluding hydrogens is 533 g/mol. The minimum absolute atomic E-state index is 0. The highest BCUT2D eigenvalue weighted by Crippen LogP contribution is 2.32. The summed E-state index contributed by atoms with van der Waals surface area (Å²) in [6.07, 6.45) is 2.54. The van der Waals surface area contributed by atoms with Crippen molar-refractivity contribution in [3.05, 3.63) is 23.8 Å². The lowest BCUT2D eigenvalue weighted by atomic mass is 10.0. The predicted octanol–water partition coefficient (Wildman–Crippen LogP) is 2.73. The van der Waals surface area contributed by atoms with E-state index in [1.165, 1.54) is 24.9 Å². The molecule has 2 saturated heterocycles. The standard InChI is InChI=1S/C24H41N5O3.HI/c1-5-25-24(26-17-20-8-7-11-28(20)6-2)27-18-21(29-12-14-32-15-13-29)19-9-10-22(30-3)23(16-19)31-4;/h9-10,16,20-21H,5-8,11-15,17-18H2,1-4H3,(H2,25,26,27);1H. The van der Waals surface area contributed by atoms with Crippen LogP contribution in [0.15, 0.2) is 23.2 Å². The van der Waals surface area contributed by atoms with Gasteiger partial charge < -0.3 is 24.8 Å². The van der Waals surface area contributed by atoms with Crippen molar-refractivity contribution >= 4 is 29.9 Å². The van der Waals surface area contributed by atoms with E-state index in [2.05, 4.69) is 46.4 Å². The van der Waals surface area contributed by atoms with Crippen LogP contribution in [0.3, 0.4) is 0 Å². The van der Waals surface area contributed by atoms with Gasteiger partial charge in [0.25, 0.3) is 0 Å². The van der Waals surface area contributed by atoms with Crippen LogP contribution in [-0.2, 0) is 4.74 Å². The molecule has 2 unspecified atom stereocenters. The number of likely N-dealkylation sites (N-methyl/N-ethyl adjacent to an activating group) is 1. The Hall–Kier alpha value is -1.30. The lowest BCUT2D eigenvalue weighted by molar-refractivity contribution is 0.0179. The first-order valence-corrected chi connectivity index (χ1v) is 12.0. The summed E-state index contributed by atoms with van der Waals surface area (Å²) in [7, 11) is 3.35. The number of nitrogens with zero attached hydrogens (tertiary/aromatic N) is 3. The molecule has 188 valence electrons. The second-order valence-electron chi connectivity index (χ2n) is 8.30. The minimum Gasteiger partial charge on any atom is -0.493 e. The van der Waals surface area contributed by atoms with Crippen molar-refractivity contribution in [2.45, 2.75) is 38.8 Å². The number of methoxy groups -OCH3 is 2. The van der Waals surface area contributed by atoms with E-state index in [0.717, 1.165) is 63.4 Å². The summed E-state index contributed by atoms with van der Waals surface area (Å²) in [6.45, 7) is 12.4. The van der Waals surface area contributed by atoms with Crippen LogP contribution in [0.5, 0.6) is 11.5 Å². The van der Waals surface area contributed by atoms with Gasteiger partial charge in [0.1, 0.15) is 0 Å².